The summed E-state index contributed by atoms with van der Waals surface area (Å²) in [6.07, 6.45) is 2.83. The van der Waals surface area contributed by atoms with Gasteiger partial charge in [-0.25, -0.2) is 14.8 Å². The first-order chi connectivity index (χ1) is 9.34. The minimum Gasteiger partial charge on any atom is -0.421 e. The quantitative estimate of drug-likeness (QED) is 0.518. The molecule has 0 radical (unpaired) electrons. The van der Waals surface area contributed by atoms with Gasteiger partial charge in [0.2, 0.25) is 0 Å². The van der Waals surface area contributed by atoms with Crippen LogP contribution in [0.2, 0.25) is 0 Å². The molecule has 0 amide bonds. The number of hydrogen-bond acceptors (Lipinski definition) is 4. The lowest BCUT2D eigenvalue weighted by atomic mass is 10.1. The van der Waals surface area contributed by atoms with Crippen LogP contribution in [0.15, 0.2) is 61.1 Å². The second-order valence-corrected chi connectivity index (χ2v) is 3.96. The molecule has 0 atom stereocenters. The molecule has 92 valence electrons. The van der Waals surface area contributed by atoms with E-state index in [9.17, 15) is 4.79 Å². The monoisotopic (exact) mass is 250 g/mol. The average molecular weight is 250 g/mol. The van der Waals surface area contributed by atoms with E-state index in [0.29, 0.717) is 5.75 Å². The van der Waals surface area contributed by atoms with Gasteiger partial charge >= 0.3 is 5.97 Å². The molecule has 3 aromatic rings. The number of esters is 1. The zero-order valence-corrected chi connectivity index (χ0v) is 9.98. The van der Waals surface area contributed by atoms with Crippen LogP contribution in [-0.2, 0) is 0 Å². The number of hydrogen-bond donors (Lipinski definition) is 0. The van der Waals surface area contributed by atoms with Gasteiger partial charge in [0.1, 0.15) is 12.1 Å². The first-order valence-electron chi connectivity index (χ1n) is 5.80. The van der Waals surface area contributed by atoms with Crippen LogP contribution in [-0.4, -0.2) is 15.9 Å². The van der Waals surface area contributed by atoms with Gasteiger partial charge in [-0.3, -0.25) is 0 Å². The second-order valence-electron chi connectivity index (χ2n) is 3.96. The molecule has 0 unspecified atom stereocenters. The lowest BCUT2D eigenvalue weighted by Gasteiger charge is -2.06. The van der Waals surface area contributed by atoms with Crippen LogP contribution in [0.3, 0.4) is 0 Å². The van der Waals surface area contributed by atoms with Crippen molar-refractivity contribution in [3.05, 3.63) is 66.7 Å². The number of carbonyl (C=O) groups excluding carboxylic acids is 1. The molecule has 19 heavy (non-hydrogen) atoms. The van der Waals surface area contributed by atoms with E-state index >= 15 is 0 Å². The molecule has 0 saturated heterocycles. The van der Waals surface area contributed by atoms with Crippen molar-refractivity contribution in [2.45, 2.75) is 0 Å². The van der Waals surface area contributed by atoms with E-state index in [2.05, 4.69) is 9.97 Å². The highest BCUT2D eigenvalue weighted by Crippen LogP contribution is 2.25. The van der Waals surface area contributed by atoms with Crippen molar-refractivity contribution >= 4 is 16.7 Å². The van der Waals surface area contributed by atoms with Crippen LogP contribution in [0, 0.1) is 0 Å². The third-order valence-corrected chi connectivity index (χ3v) is 2.74. The zero-order valence-electron chi connectivity index (χ0n) is 9.98. The highest BCUT2D eigenvalue weighted by atomic mass is 16.5. The third-order valence-electron chi connectivity index (χ3n) is 2.74. The van der Waals surface area contributed by atoms with E-state index in [1.54, 1.807) is 6.07 Å². The Morgan fingerprint density at radius 1 is 1.00 bits per heavy atom. The van der Waals surface area contributed by atoms with Gasteiger partial charge in [-0.2, -0.15) is 0 Å². The smallest absolute Gasteiger partial charge is 0.362 e. The van der Waals surface area contributed by atoms with Gasteiger partial charge in [-0.05, 0) is 17.5 Å². The maximum absolute atomic E-state index is 11.9. The third kappa shape index (κ3) is 2.28. The fourth-order valence-corrected chi connectivity index (χ4v) is 1.85. The van der Waals surface area contributed by atoms with Gasteiger partial charge in [0, 0.05) is 11.6 Å². The van der Waals surface area contributed by atoms with Crippen LogP contribution < -0.4 is 4.74 Å². The van der Waals surface area contributed by atoms with E-state index in [-0.39, 0.29) is 5.69 Å². The lowest BCUT2D eigenvalue weighted by Crippen LogP contribution is -2.10. The summed E-state index contributed by atoms with van der Waals surface area (Å²) in [5, 5.41) is 1.92. The first-order valence-corrected chi connectivity index (χ1v) is 5.80. The number of carbonyl (C=O) groups is 1. The molecule has 4 heteroatoms. The minimum atomic E-state index is -0.487. The molecular formula is C15H10N2O2. The summed E-state index contributed by atoms with van der Waals surface area (Å²) in [5.41, 5.74) is 0.239. The number of benzene rings is 2. The molecule has 3 rings (SSSR count). The summed E-state index contributed by atoms with van der Waals surface area (Å²) >= 11 is 0. The molecule has 1 heterocycles. The number of fused-ring (bicyclic) bond motifs is 1. The summed E-state index contributed by atoms with van der Waals surface area (Å²) in [5.74, 6) is 0.0421. The Morgan fingerprint density at radius 2 is 1.84 bits per heavy atom. The topological polar surface area (TPSA) is 52.1 Å². The number of ether oxygens (including phenoxy) is 1. The Morgan fingerprint density at radius 3 is 2.68 bits per heavy atom. The first kappa shape index (κ1) is 11.3. The highest BCUT2D eigenvalue weighted by molar-refractivity contribution is 5.94. The van der Waals surface area contributed by atoms with Gasteiger partial charge < -0.3 is 4.74 Å². The Balaban J connectivity index is 1.96. The molecule has 1 aromatic heterocycles. The second kappa shape index (κ2) is 4.86. The normalized spacial score (nSPS) is 10.3. The van der Waals surface area contributed by atoms with Crippen LogP contribution in [0.5, 0.6) is 5.75 Å². The Labute approximate surface area is 109 Å². The summed E-state index contributed by atoms with van der Waals surface area (Å²) in [6, 6.07) is 14.8. The van der Waals surface area contributed by atoms with Gasteiger partial charge in [0.05, 0.1) is 0 Å². The van der Waals surface area contributed by atoms with Crippen molar-refractivity contribution in [3.8, 4) is 5.75 Å². The lowest BCUT2D eigenvalue weighted by molar-refractivity contribution is 0.0730. The maximum atomic E-state index is 11.9. The highest BCUT2D eigenvalue weighted by Gasteiger charge is 2.11. The molecule has 4 nitrogen and oxygen atoms in total. The number of aromatic nitrogens is 2. The van der Waals surface area contributed by atoms with E-state index in [1.807, 2.05) is 36.4 Å². The van der Waals surface area contributed by atoms with Crippen molar-refractivity contribution < 1.29 is 9.53 Å². The predicted molar refractivity (Wildman–Crippen MR) is 70.9 cm³/mol. The van der Waals surface area contributed by atoms with Crippen LogP contribution in [0.25, 0.3) is 10.8 Å². The van der Waals surface area contributed by atoms with Crippen molar-refractivity contribution in [2.75, 3.05) is 0 Å². The molecule has 0 saturated carbocycles. The molecule has 0 aliphatic heterocycles. The molecule has 0 bridgehead atoms. The fourth-order valence-electron chi connectivity index (χ4n) is 1.85. The molecule has 0 N–H and O–H groups in total. The predicted octanol–water partition coefficient (Wildman–Crippen LogP) is 2.85. The largest absolute Gasteiger partial charge is 0.421 e. The van der Waals surface area contributed by atoms with Crippen LogP contribution >= 0.6 is 0 Å². The summed E-state index contributed by atoms with van der Waals surface area (Å²) < 4.78 is 5.38. The number of nitrogens with zero attached hydrogens (tertiary/aromatic N) is 2. The Bertz CT molecular complexity index is 721. The van der Waals surface area contributed by atoms with Crippen molar-refractivity contribution in [2.24, 2.45) is 0 Å². The van der Waals surface area contributed by atoms with Gasteiger partial charge in [-0.1, -0.05) is 36.4 Å². The Kier molecular flexibility index (Phi) is 2.90. The van der Waals surface area contributed by atoms with E-state index in [0.717, 1.165) is 10.8 Å². The van der Waals surface area contributed by atoms with Crippen LogP contribution in [0.4, 0.5) is 0 Å². The van der Waals surface area contributed by atoms with Crippen molar-refractivity contribution in [3.63, 3.8) is 0 Å². The SMILES string of the molecule is O=C(Oc1cccc2ccccc12)c1ccncn1. The fraction of sp³-hybridized carbons (Fsp3) is 0. The standard InChI is InChI=1S/C15H10N2O2/c18-15(13-8-9-16-10-17-13)19-14-7-3-5-11-4-1-2-6-12(11)14/h1-10H. The van der Waals surface area contributed by atoms with E-state index in [1.165, 1.54) is 18.6 Å². The number of rotatable bonds is 2. The van der Waals surface area contributed by atoms with Gasteiger partial charge in [0.15, 0.2) is 5.69 Å². The van der Waals surface area contributed by atoms with E-state index in [4.69, 9.17) is 4.74 Å². The Hall–Kier alpha value is -2.75. The molecule has 0 aliphatic carbocycles. The van der Waals surface area contributed by atoms with Gasteiger partial charge in [0.25, 0.3) is 0 Å². The molecular weight excluding hydrogens is 240 g/mol. The minimum absolute atomic E-state index is 0.239. The zero-order chi connectivity index (χ0) is 13.1. The molecule has 2 aromatic carbocycles. The van der Waals surface area contributed by atoms with Gasteiger partial charge in [-0.15, -0.1) is 0 Å². The maximum Gasteiger partial charge on any atom is 0.362 e. The summed E-state index contributed by atoms with van der Waals surface area (Å²) in [6.45, 7) is 0. The molecule has 0 aliphatic rings. The van der Waals surface area contributed by atoms with E-state index < -0.39 is 5.97 Å². The van der Waals surface area contributed by atoms with Crippen molar-refractivity contribution in [1.82, 2.24) is 9.97 Å². The average Bonchev–Trinajstić information content (AvgIpc) is 2.48. The van der Waals surface area contributed by atoms with Crippen molar-refractivity contribution in [1.29, 1.82) is 0 Å². The summed E-state index contributed by atoms with van der Waals surface area (Å²) in [4.78, 5) is 19.6. The van der Waals surface area contributed by atoms with Crippen LogP contribution in [0.1, 0.15) is 10.5 Å². The molecule has 0 spiro atoms. The summed E-state index contributed by atoms with van der Waals surface area (Å²) in [7, 11) is 0. The molecule has 0 fully saturated rings.